The van der Waals surface area contributed by atoms with Crippen LogP contribution < -0.4 is 5.32 Å². The molecule has 0 aliphatic carbocycles. The first-order valence-corrected chi connectivity index (χ1v) is 6.12. The maximum atomic E-state index is 13.9. The number of hydrogen-bond acceptors (Lipinski definition) is 4. The third-order valence-electron chi connectivity index (χ3n) is 3.26. The molecule has 0 saturated carbocycles. The topological polar surface area (TPSA) is 110 Å². The number of non-ortho nitro benzene ring substituents is 1. The molecule has 7 nitrogen and oxygen atoms in total. The molecule has 1 amide bonds. The summed E-state index contributed by atoms with van der Waals surface area (Å²) >= 11 is 0. The standard InChI is InChI=1S/C13H15FN2O5/c1-4-13(3,12(18)19)15-11(17)9-6-8(16(20)21)5-7(2)10(9)14/h5-6H,4H2,1-3H3,(H,15,17)(H,18,19). The maximum absolute atomic E-state index is 13.9. The Balaban J connectivity index is 3.24. The molecular weight excluding hydrogens is 283 g/mol. The van der Waals surface area contributed by atoms with Crippen LogP contribution in [-0.4, -0.2) is 27.4 Å². The summed E-state index contributed by atoms with van der Waals surface area (Å²) in [5.74, 6) is -3.20. The fraction of sp³-hybridized carbons (Fsp3) is 0.385. The van der Waals surface area contributed by atoms with E-state index in [1.165, 1.54) is 13.8 Å². The lowest BCUT2D eigenvalue weighted by atomic mass is 9.98. The Kier molecular flexibility index (Phi) is 4.62. The number of amides is 1. The number of aliphatic carboxylic acids is 1. The third kappa shape index (κ3) is 3.33. The molecule has 0 radical (unpaired) electrons. The zero-order chi connectivity index (χ0) is 16.4. The Morgan fingerprint density at radius 1 is 1.48 bits per heavy atom. The Labute approximate surface area is 119 Å². The second kappa shape index (κ2) is 5.86. The number of hydrogen-bond donors (Lipinski definition) is 2. The number of carboxylic acids is 1. The van der Waals surface area contributed by atoms with Crippen molar-refractivity contribution in [1.82, 2.24) is 5.32 Å². The van der Waals surface area contributed by atoms with Gasteiger partial charge in [0.1, 0.15) is 11.4 Å². The zero-order valence-corrected chi connectivity index (χ0v) is 11.8. The van der Waals surface area contributed by atoms with Crippen LogP contribution in [0.25, 0.3) is 0 Å². The number of benzene rings is 1. The van der Waals surface area contributed by atoms with Gasteiger partial charge in [0, 0.05) is 12.1 Å². The van der Waals surface area contributed by atoms with E-state index >= 15 is 0 Å². The number of aryl methyl sites for hydroxylation is 1. The van der Waals surface area contributed by atoms with E-state index in [1.807, 2.05) is 0 Å². The summed E-state index contributed by atoms with van der Waals surface area (Å²) in [6, 6.07) is 1.79. The van der Waals surface area contributed by atoms with Gasteiger partial charge < -0.3 is 10.4 Å². The van der Waals surface area contributed by atoms with Gasteiger partial charge in [0.25, 0.3) is 11.6 Å². The van der Waals surface area contributed by atoms with Gasteiger partial charge in [0.2, 0.25) is 0 Å². The molecule has 1 aromatic carbocycles. The van der Waals surface area contributed by atoms with E-state index in [0.29, 0.717) is 0 Å². The van der Waals surface area contributed by atoms with Crippen LogP contribution in [0.1, 0.15) is 36.2 Å². The van der Waals surface area contributed by atoms with Gasteiger partial charge in [0.15, 0.2) is 0 Å². The Morgan fingerprint density at radius 2 is 2.05 bits per heavy atom. The van der Waals surface area contributed by atoms with Crippen LogP contribution in [0.3, 0.4) is 0 Å². The number of carboxylic acid groups (broad SMARTS) is 1. The maximum Gasteiger partial charge on any atom is 0.329 e. The van der Waals surface area contributed by atoms with Gasteiger partial charge in [-0.3, -0.25) is 14.9 Å². The third-order valence-corrected chi connectivity index (χ3v) is 3.26. The summed E-state index contributed by atoms with van der Waals surface area (Å²) < 4.78 is 13.9. The van der Waals surface area contributed by atoms with Crippen molar-refractivity contribution in [3.05, 3.63) is 39.2 Å². The molecule has 8 heteroatoms. The summed E-state index contributed by atoms with van der Waals surface area (Å²) in [4.78, 5) is 33.2. The van der Waals surface area contributed by atoms with Crippen molar-refractivity contribution in [2.45, 2.75) is 32.7 Å². The molecule has 0 heterocycles. The molecule has 0 aliphatic rings. The molecule has 2 N–H and O–H groups in total. The zero-order valence-electron chi connectivity index (χ0n) is 11.8. The minimum absolute atomic E-state index is 0.0668. The van der Waals surface area contributed by atoms with Gasteiger partial charge in [-0.05, 0) is 25.8 Å². The van der Waals surface area contributed by atoms with E-state index in [2.05, 4.69) is 5.32 Å². The van der Waals surface area contributed by atoms with Crippen LogP contribution in [0.2, 0.25) is 0 Å². The fourth-order valence-electron chi connectivity index (χ4n) is 1.63. The number of nitro groups is 1. The molecule has 114 valence electrons. The second-order valence-corrected chi connectivity index (χ2v) is 4.83. The molecule has 1 unspecified atom stereocenters. The average molecular weight is 298 g/mol. The molecule has 0 spiro atoms. The lowest BCUT2D eigenvalue weighted by Gasteiger charge is -2.24. The number of rotatable bonds is 5. The molecule has 0 fully saturated rings. The molecule has 0 saturated heterocycles. The summed E-state index contributed by atoms with van der Waals surface area (Å²) in [5, 5.41) is 22.0. The number of halogens is 1. The van der Waals surface area contributed by atoms with E-state index < -0.39 is 39.4 Å². The van der Waals surface area contributed by atoms with E-state index in [0.717, 1.165) is 12.1 Å². The van der Waals surface area contributed by atoms with Gasteiger partial charge in [-0.25, -0.2) is 9.18 Å². The molecule has 21 heavy (non-hydrogen) atoms. The molecule has 1 rings (SSSR count). The molecule has 0 bridgehead atoms. The van der Waals surface area contributed by atoms with Crippen molar-refractivity contribution >= 4 is 17.6 Å². The predicted octanol–water partition coefficient (Wildman–Crippen LogP) is 2.03. The lowest BCUT2D eigenvalue weighted by molar-refractivity contribution is -0.385. The van der Waals surface area contributed by atoms with Crippen LogP contribution in [0.5, 0.6) is 0 Å². The Morgan fingerprint density at radius 3 is 2.48 bits per heavy atom. The summed E-state index contributed by atoms with van der Waals surface area (Å²) in [5.41, 5.74) is -2.64. The van der Waals surface area contributed by atoms with Crippen molar-refractivity contribution in [2.24, 2.45) is 0 Å². The summed E-state index contributed by atoms with van der Waals surface area (Å²) in [6.45, 7) is 4.11. The number of nitro benzene ring substituents is 1. The van der Waals surface area contributed by atoms with E-state index in [9.17, 15) is 24.1 Å². The quantitative estimate of drug-likeness (QED) is 0.638. The minimum Gasteiger partial charge on any atom is -0.480 e. The van der Waals surface area contributed by atoms with Crippen molar-refractivity contribution < 1.29 is 24.0 Å². The van der Waals surface area contributed by atoms with Crippen molar-refractivity contribution in [2.75, 3.05) is 0 Å². The van der Waals surface area contributed by atoms with Gasteiger partial charge in [-0.15, -0.1) is 0 Å². The van der Waals surface area contributed by atoms with Crippen LogP contribution in [0.15, 0.2) is 12.1 Å². The Hall–Kier alpha value is -2.51. The van der Waals surface area contributed by atoms with Crippen molar-refractivity contribution in [3.8, 4) is 0 Å². The highest BCUT2D eigenvalue weighted by Crippen LogP contribution is 2.22. The van der Waals surface area contributed by atoms with Gasteiger partial charge >= 0.3 is 5.97 Å². The van der Waals surface area contributed by atoms with Gasteiger partial charge in [-0.2, -0.15) is 0 Å². The number of carbonyl (C=O) groups is 2. The first kappa shape index (κ1) is 16.5. The van der Waals surface area contributed by atoms with E-state index in [4.69, 9.17) is 5.11 Å². The molecule has 1 atom stereocenters. The lowest BCUT2D eigenvalue weighted by Crippen LogP contribution is -2.51. The van der Waals surface area contributed by atoms with Gasteiger partial charge in [-0.1, -0.05) is 6.92 Å². The summed E-state index contributed by atoms with van der Waals surface area (Å²) in [7, 11) is 0. The molecular formula is C13H15FN2O5. The van der Waals surface area contributed by atoms with E-state index in [-0.39, 0.29) is 12.0 Å². The predicted molar refractivity (Wildman–Crippen MR) is 71.6 cm³/mol. The smallest absolute Gasteiger partial charge is 0.329 e. The fourth-order valence-corrected chi connectivity index (χ4v) is 1.63. The SMILES string of the molecule is CCC(C)(NC(=O)c1cc([N+](=O)[O-])cc(C)c1F)C(=O)O. The monoisotopic (exact) mass is 298 g/mol. The highest BCUT2D eigenvalue weighted by molar-refractivity contribution is 5.98. The first-order chi connectivity index (χ1) is 9.62. The second-order valence-electron chi connectivity index (χ2n) is 4.83. The van der Waals surface area contributed by atoms with Crippen LogP contribution in [0, 0.1) is 22.9 Å². The van der Waals surface area contributed by atoms with E-state index in [1.54, 1.807) is 6.92 Å². The molecule has 1 aromatic rings. The molecule has 0 aromatic heterocycles. The number of carbonyl (C=O) groups excluding carboxylic acids is 1. The first-order valence-electron chi connectivity index (χ1n) is 6.12. The highest BCUT2D eigenvalue weighted by atomic mass is 19.1. The van der Waals surface area contributed by atoms with Crippen LogP contribution in [0.4, 0.5) is 10.1 Å². The number of nitrogens with one attached hydrogen (secondary N) is 1. The largest absolute Gasteiger partial charge is 0.480 e. The van der Waals surface area contributed by atoms with Crippen LogP contribution >= 0.6 is 0 Å². The normalized spacial score (nSPS) is 13.3. The Bertz CT molecular complexity index is 617. The van der Waals surface area contributed by atoms with Crippen molar-refractivity contribution in [1.29, 1.82) is 0 Å². The average Bonchev–Trinajstić information content (AvgIpc) is 2.40. The molecule has 0 aliphatic heterocycles. The summed E-state index contributed by atoms with van der Waals surface area (Å²) in [6.07, 6.45) is 0.0730. The highest BCUT2D eigenvalue weighted by Gasteiger charge is 2.34. The minimum atomic E-state index is -1.58. The van der Waals surface area contributed by atoms with Crippen LogP contribution in [-0.2, 0) is 4.79 Å². The number of nitrogens with zero attached hydrogens (tertiary/aromatic N) is 1. The van der Waals surface area contributed by atoms with Crippen molar-refractivity contribution in [3.63, 3.8) is 0 Å². The van der Waals surface area contributed by atoms with Gasteiger partial charge in [0.05, 0.1) is 10.5 Å².